The van der Waals surface area contributed by atoms with Crippen LogP contribution in [0, 0.1) is 0 Å². The maximum absolute atomic E-state index is 11.5. The fourth-order valence-corrected chi connectivity index (χ4v) is 2.12. The summed E-state index contributed by atoms with van der Waals surface area (Å²) in [6.07, 6.45) is 3.53. The van der Waals surface area contributed by atoms with Gasteiger partial charge in [-0.15, -0.1) is 0 Å². The van der Waals surface area contributed by atoms with E-state index >= 15 is 0 Å². The molecule has 0 bridgehead atoms. The zero-order chi connectivity index (χ0) is 12.1. The van der Waals surface area contributed by atoms with E-state index in [2.05, 4.69) is 10.6 Å². The second kappa shape index (κ2) is 5.97. The molecular formula is C11H18N2O4. The van der Waals surface area contributed by atoms with Crippen LogP contribution in [0.2, 0.25) is 0 Å². The van der Waals surface area contributed by atoms with Gasteiger partial charge in [0.25, 0.3) is 0 Å². The van der Waals surface area contributed by atoms with Gasteiger partial charge in [-0.2, -0.15) is 0 Å². The van der Waals surface area contributed by atoms with Gasteiger partial charge >= 0.3 is 11.9 Å². The van der Waals surface area contributed by atoms with Gasteiger partial charge in [-0.1, -0.05) is 0 Å². The molecule has 6 heteroatoms. The summed E-state index contributed by atoms with van der Waals surface area (Å²) >= 11 is 0. The molecule has 0 radical (unpaired) electrons. The van der Waals surface area contributed by atoms with E-state index in [0.717, 1.165) is 38.8 Å². The Labute approximate surface area is 100 Å². The van der Waals surface area contributed by atoms with E-state index in [4.69, 9.17) is 9.47 Å². The number of rotatable bonds is 4. The summed E-state index contributed by atoms with van der Waals surface area (Å²) in [5.74, 6) is -0.677. The third-order valence-corrected chi connectivity index (χ3v) is 3.09. The minimum atomic E-state index is -0.338. The minimum absolute atomic E-state index is 0.238. The molecule has 0 amide bonds. The minimum Gasteiger partial charge on any atom is -0.427 e. The van der Waals surface area contributed by atoms with Crippen LogP contribution in [0.4, 0.5) is 0 Å². The summed E-state index contributed by atoms with van der Waals surface area (Å²) in [7, 11) is 0. The largest absolute Gasteiger partial charge is 0.427 e. The fraction of sp³-hybridized carbons (Fsp3) is 0.818. The molecule has 0 aromatic rings. The summed E-state index contributed by atoms with van der Waals surface area (Å²) in [6.45, 7) is 1.39. The molecule has 0 spiro atoms. The van der Waals surface area contributed by atoms with Crippen molar-refractivity contribution in [2.75, 3.05) is 19.9 Å². The summed E-state index contributed by atoms with van der Waals surface area (Å²) in [5.41, 5.74) is 0. The van der Waals surface area contributed by atoms with Crippen molar-refractivity contribution in [3.8, 4) is 0 Å². The highest BCUT2D eigenvalue weighted by Crippen LogP contribution is 2.08. The number of esters is 2. The van der Waals surface area contributed by atoms with Gasteiger partial charge in [0, 0.05) is 0 Å². The highest BCUT2D eigenvalue weighted by Gasteiger charge is 2.25. The Morgan fingerprint density at radius 3 is 1.76 bits per heavy atom. The van der Waals surface area contributed by atoms with Crippen molar-refractivity contribution in [2.24, 2.45) is 0 Å². The molecule has 2 rings (SSSR count). The monoisotopic (exact) mass is 242 g/mol. The highest BCUT2D eigenvalue weighted by molar-refractivity contribution is 5.77. The first-order valence-electron chi connectivity index (χ1n) is 6.07. The molecule has 17 heavy (non-hydrogen) atoms. The summed E-state index contributed by atoms with van der Waals surface area (Å²) in [6, 6.07) is -0.475. The van der Waals surface area contributed by atoms with E-state index in [9.17, 15) is 9.59 Å². The SMILES string of the molecule is O=C(OCOC(=O)[C@@H]1CCCN1)[C@@H]1CCCN1. The molecule has 0 saturated carbocycles. The second-order valence-electron chi connectivity index (χ2n) is 4.34. The van der Waals surface area contributed by atoms with Crippen LogP contribution >= 0.6 is 0 Å². The quantitative estimate of drug-likeness (QED) is 0.513. The lowest BCUT2D eigenvalue weighted by atomic mass is 10.2. The molecule has 2 aliphatic rings. The number of hydrogen-bond acceptors (Lipinski definition) is 6. The molecule has 2 heterocycles. The van der Waals surface area contributed by atoms with Crippen LogP contribution in [-0.4, -0.2) is 43.9 Å². The van der Waals surface area contributed by atoms with Crippen LogP contribution in [0.15, 0.2) is 0 Å². The zero-order valence-electron chi connectivity index (χ0n) is 9.74. The van der Waals surface area contributed by atoms with Crippen molar-refractivity contribution in [1.29, 1.82) is 0 Å². The molecular weight excluding hydrogens is 224 g/mol. The van der Waals surface area contributed by atoms with Crippen molar-refractivity contribution in [3.63, 3.8) is 0 Å². The van der Waals surface area contributed by atoms with Crippen LogP contribution in [-0.2, 0) is 19.1 Å². The van der Waals surface area contributed by atoms with E-state index in [-0.39, 0.29) is 30.8 Å². The van der Waals surface area contributed by atoms with Crippen molar-refractivity contribution in [1.82, 2.24) is 10.6 Å². The van der Waals surface area contributed by atoms with Crippen molar-refractivity contribution < 1.29 is 19.1 Å². The Morgan fingerprint density at radius 2 is 1.41 bits per heavy atom. The van der Waals surface area contributed by atoms with Crippen LogP contribution < -0.4 is 10.6 Å². The van der Waals surface area contributed by atoms with Gasteiger partial charge in [0.1, 0.15) is 12.1 Å². The predicted molar refractivity (Wildman–Crippen MR) is 59.1 cm³/mol. The summed E-state index contributed by atoms with van der Waals surface area (Å²) in [4.78, 5) is 22.9. The van der Waals surface area contributed by atoms with Gasteiger partial charge in [-0.05, 0) is 38.8 Å². The van der Waals surface area contributed by atoms with Gasteiger partial charge in [0.2, 0.25) is 6.79 Å². The van der Waals surface area contributed by atoms with Crippen LogP contribution in [0.1, 0.15) is 25.7 Å². The topological polar surface area (TPSA) is 76.7 Å². The molecule has 0 aromatic carbocycles. The van der Waals surface area contributed by atoms with Gasteiger partial charge < -0.3 is 20.1 Å². The molecule has 0 aliphatic carbocycles. The molecule has 0 aromatic heterocycles. The van der Waals surface area contributed by atoms with Crippen molar-refractivity contribution in [3.05, 3.63) is 0 Å². The molecule has 2 atom stereocenters. The zero-order valence-corrected chi connectivity index (χ0v) is 9.74. The van der Waals surface area contributed by atoms with Crippen LogP contribution in [0.25, 0.3) is 0 Å². The third-order valence-electron chi connectivity index (χ3n) is 3.09. The predicted octanol–water partition coefficient (Wildman–Crippen LogP) is -0.466. The average molecular weight is 242 g/mol. The van der Waals surface area contributed by atoms with E-state index < -0.39 is 0 Å². The van der Waals surface area contributed by atoms with Crippen molar-refractivity contribution >= 4 is 11.9 Å². The Kier molecular flexibility index (Phi) is 4.33. The Hall–Kier alpha value is -1.14. The van der Waals surface area contributed by atoms with Crippen molar-refractivity contribution in [2.45, 2.75) is 37.8 Å². The lowest BCUT2D eigenvalue weighted by molar-refractivity contribution is -0.169. The van der Waals surface area contributed by atoms with E-state index in [1.54, 1.807) is 0 Å². The first kappa shape index (κ1) is 12.3. The molecule has 2 fully saturated rings. The molecule has 0 unspecified atom stereocenters. The normalized spacial score (nSPS) is 28.0. The lowest BCUT2D eigenvalue weighted by Crippen LogP contribution is -2.35. The fourth-order valence-electron chi connectivity index (χ4n) is 2.12. The highest BCUT2D eigenvalue weighted by atomic mass is 16.7. The number of carbonyl (C=O) groups excluding carboxylic acids is 2. The summed E-state index contributed by atoms with van der Waals surface area (Å²) in [5, 5.41) is 6.04. The van der Waals surface area contributed by atoms with Crippen LogP contribution in [0.5, 0.6) is 0 Å². The molecule has 96 valence electrons. The molecule has 6 nitrogen and oxygen atoms in total. The standard InChI is InChI=1S/C11H18N2O4/c14-10(8-3-1-5-12-8)16-7-17-11(15)9-4-2-6-13-9/h8-9,12-13H,1-7H2/t8-,9-/m0/s1. The molecule has 2 aliphatic heterocycles. The first-order valence-corrected chi connectivity index (χ1v) is 6.07. The van der Waals surface area contributed by atoms with Gasteiger partial charge in [-0.3, -0.25) is 9.59 Å². The lowest BCUT2D eigenvalue weighted by Gasteiger charge is -2.12. The molecule has 2 N–H and O–H groups in total. The number of carbonyl (C=O) groups is 2. The second-order valence-corrected chi connectivity index (χ2v) is 4.34. The average Bonchev–Trinajstić information content (AvgIpc) is 3.02. The maximum atomic E-state index is 11.5. The van der Waals surface area contributed by atoms with Gasteiger partial charge in [0.15, 0.2) is 0 Å². The van der Waals surface area contributed by atoms with E-state index in [1.165, 1.54) is 0 Å². The number of nitrogens with one attached hydrogen (secondary N) is 2. The Bertz CT molecular complexity index is 255. The summed E-state index contributed by atoms with van der Waals surface area (Å²) < 4.78 is 9.77. The van der Waals surface area contributed by atoms with E-state index in [0.29, 0.717) is 0 Å². The van der Waals surface area contributed by atoms with Crippen LogP contribution in [0.3, 0.4) is 0 Å². The Balaban J connectivity index is 1.61. The smallest absolute Gasteiger partial charge is 0.326 e. The van der Waals surface area contributed by atoms with Gasteiger partial charge in [0.05, 0.1) is 0 Å². The van der Waals surface area contributed by atoms with Gasteiger partial charge in [-0.25, -0.2) is 0 Å². The maximum Gasteiger partial charge on any atom is 0.326 e. The van der Waals surface area contributed by atoms with E-state index in [1.807, 2.05) is 0 Å². The number of hydrogen-bond donors (Lipinski definition) is 2. The number of ether oxygens (including phenoxy) is 2. The molecule has 2 saturated heterocycles. The third kappa shape index (κ3) is 3.41. The first-order chi connectivity index (χ1) is 8.27. The Morgan fingerprint density at radius 1 is 0.941 bits per heavy atom.